The number of para-hydroxylation sites is 2. The van der Waals surface area contributed by atoms with Crippen molar-refractivity contribution in [1.29, 1.82) is 0 Å². The summed E-state index contributed by atoms with van der Waals surface area (Å²) in [5, 5.41) is 9.54. The van der Waals surface area contributed by atoms with Crippen LogP contribution in [-0.4, -0.2) is 39.6 Å². The number of ether oxygens (including phenoxy) is 1. The third-order valence-corrected chi connectivity index (χ3v) is 4.17. The zero-order chi connectivity index (χ0) is 17.8. The fourth-order valence-electron chi connectivity index (χ4n) is 2.77. The van der Waals surface area contributed by atoms with E-state index in [0.717, 1.165) is 22.3 Å². The van der Waals surface area contributed by atoms with E-state index in [1.165, 1.54) is 0 Å². The monoisotopic (exact) mass is 339 g/mol. The maximum atomic E-state index is 12.6. The molecule has 1 aromatic heterocycles. The van der Waals surface area contributed by atoms with E-state index >= 15 is 0 Å². The molecule has 0 spiro atoms. The molecule has 0 unspecified atom stereocenters. The summed E-state index contributed by atoms with van der Waals surface area (Å²) in [6.45, 7) is 0.442. The lowest BCUT2D eigenvalue weighted by molar-refractivity contribution is -0.131. The number of hydrogen-bond donors (Lipinski definition) is 1. The van der Waals surface area contributed by atoms with Crippen LogP contribution in [0.2, 0.25) is 0 Å². The van der Waals surface area contributed by atoms with Gasteiger partial charge in [0, 0.05) is 13.6 Å². The summed E-state index contributed by atoms with van der Waals surface area (Å²) in [5.74, 6) is 1.23. The first-order valence-corrected chi connectivity index (χ1v) is 8.04. The molecule has 1 amide bonds. The van der Waals surface area contributed by atoms with Crippen molar-refractivity contribution in [1.82, 2.24) is 14.5 Å². The van der Waals surface area contributed by atoms with Gasteiger partial charge in [0.05, 0.1) is 18.1 Å². The molecule has 0 aliphatic carbocycles. The molecule has 0 atom stereocenters. The lowest BCUT2D eigenvalue weighted by atomic mass is 10.2. The van der Waals surface area contributed by atoms with Crippen molar-refractivity contribution in [2.45, 2.75) is 19.7 Å². The van der Waals surface area contributed by atoms with E-state index in [0.29, 0.717) is 12.4 Å². The number of carbonyl (C=O) groups is 1. The predicted molar refractivity (Wildman–Crippen MR) is 95.1 cm³/mol. The van der Waals surface area contributed by atoms with Gasteiger partial charge in [-0.15, -0.1) is 0 Å². The third kappa shape index (κ3) is 3.64. The molecular weight excluding hydrogens is 318 g/mol. The largest absolute Gasteiger partial charge is 0.497 e. The van der Waals surface area contributed by atoms with Crippen LogP contribution < -0.4 is 4.74 Å². The number of hydrogen-bond acceptors (Lipinski definition) is 4. The number of aliphatic hydroxyl groups is 1. The Kier molecular flexibility index (Phi) is 5.00. The van der Waals surface area contributed by atoms with Gasteiger partial charge in [-0.2, -0.15) is 0 Å². The summed E-state index contributed by atoms with van der Waals surface area (Å²) in [6.07, 6.45) is 0. The topological polar surface area (TPSA) is 67.6 Å². The molecule has 3 aromatic rings. The molecule has 0 radical (unpaired) electrons. The Hall–Kier alpha value is -2.86. The van der Waals surface area contributed by atoms with E-state index in [1.54, 1.807) is 23.6 Å². The van der Waals surface area contributed by atoms with Gasteiger partial charge >= 0.3 is 0 Å². The van der Waals surface area contributed by atoms with Crippen LogP contribution in [0.3, 0.4) is 0 Å². The Balaban J connectivity index is 1.75. The van der Waals surface area contributed by atoms with Gasteiger partial charge in [-0.3, -0.25) is 4.79 Å². The van der Waals surface area contributed by atoms with Gasteiger partial charge in [0.1, 0.15) is 24.7 Å². The number of rotatable bonds is 6. The molecule has 6 heteroatoms. The number of carbonyl (C=O) groups excluding carboxylic acids is 1. The highest BCUT2D eigenvalue weighted by Crippen LogP contribution is 2.17. The minimum Gasteiger partial charge on any atom is -0.497 e. The maximum absolute atomic E-state index is 12.6. The number of aliphatic hydroxyl groups excluding tert-OH is 1. The second kappa shape index (κ2) is 7.36. The average Bonchev–Trinajstić information content (AvgIpc) is 3.00. The molecule has 0 saturated carbocycles. The Bertz CT molecular complexity index is 871. The number of benzene rings is 2. The smallest absolute Gasteiger partial charge is 0.242 e. The fraction of sp³-hybridized carbons (Fsp3) is 0.263. The standard InChI is InChI=1S/C19H21N3O3/c1-21(11-14-7-9-15(25-2)10-8-14)19(24)12-22-17-6-4-3-5-16(17)20-18(22)13-23/h3-10,23H,11-13H2,1-2H3. The van der Waals surface area contributed by atoms with Crippen molar-refractivity contribution < 1.29 is 14.6 Å². The first-order chi connectivity index (χ1) is 12.1. The molecule has 1 N–H and O–H groups in total. The van der Waals surface area contributed by atoms with Crippen LogP contribution in [-0.2, 0) is 24.5 Å². The number of imidazole rings is 1. The number of likely N-dealkylation sites (N-methyl/N-ethyl adjacent to an activating group) is 1. The normalized spacial score (nSPS) is 10.8. The van der Waals surface area contributed by atoms with Gasteiger partial charge in [-0.1, -0.05) is 24.3 Å². The molecule has 0 saturated heterocycles. The Labute approximate surface area is 146 Å². The van der Waals surface area contributed by atoms with Crippen LogP contribution >= 0.6 is 0 Å². The van der Waals surface area contributed by atoms with Crippen LogP contribution in [0.15, 0.2) is 48.5 Å². The minimum absolute atomic E-state index is 0.0475. The number of methoxy groups -OCH3 is 1. The van der Waals surface area contributed by atoms with Gasteiger partial charge in [0.15, 0.2) is 0 Å². The van der Waals surface area contributed by atoms with E-state index in [4.69, 9.17) is 4.74 Å². The zero-order valence-corrected chi connectivity index (χ0v) is 14.3. The van der Waals surface area contributed by atoms with Gasteiger partial charge in [-0.25, -0.2) is 4.98 Å². The molecule has 25 heavy (non-hydrogen) atoms. The first kappa shape index (κ1) is 17.0. The van der Waals surface area contributed by atoms with Crippen molar-refractivity contribution >= 4 is 16.9 Å². The summed E-state index contributed by atoms with van der Waals surface area (Å²) in [5.41, 5.74) is 2.64. The molecule has 0 aliphatic heterocycles. The molecule has 0 fully saturated rings. The second-order valence-corrected chi connectivity index (χ2v) is 5.86. The minimum atomic E-state index is -0.204. The van der Waals surface area contributed by atoms with Crippen LogP contribution in [0.4, 0.5) is 0 Å². The lowest BCUT2D eigenvalue weighted by Gasteiger charge is -2.18. The van der Waals surface area contributed by atoms with Crippen molar-refractivity contribution in [3.63, 3.8) is 0 Å². The summed E-state index contributed by atoms with van der Waals surface area (Å²) in [4.78, 5) is 18.7. The number of fused-ring (bicyclic) bond motifs is 1. The highest BCUT2D eigenvalue weighted by molar-refractivity contribution is 5.81. The summed E-state index contributed by atoms with van der Waals surface area (Å²) in [7, 11) is 3.39. The van der Waals surface area contributed by atoms with Crippen molar-refractivity contribution in [2.75, 3.05) is 14.2 Å². The molecule has 6 nitrogen and oxygen atoms in total. The SMILES string of the molecule is COc1ccc(CN(C)C(=O)Cn2c(CO)nc3ccccc32)cc1. The van der Waals surface area contributed by atoms with Crippen molar-refractivity contribution in [3.05, 3.63) is 59.9 Å². The van der Waals surface area contributed by atoms with Crippen LogP contribution in [0.1, 0.15) is 11.4 Å². The highest BCUT2D eigenvalue weighted by atomic mass is 16.5. The molecule has 1 heterocycles. The van der Waals surface area contributed by atoms with Crippen LogP contribution in [0, 0.1) is 0 Å². The van der Waals surface area contributed by atoms with E-state index in [2.05, 4.69) is 4.98 Å². The third-order valence-electron chi connectivity index (χ3n) is 4.17. The first-order valence-electron chi connectivity index (χ1n) is 8.04. The van der Waals surface area contributed by atoms with Gasteiger partial charge in [0.2, 0.25) is 5.91 Å². The number of amides is 1. The second-order valence-electron chi connectivity index (χ2n) is 5.86. The lowest BCUT2D eigenvalue weighted by Crippen LogP contribution is -2.30. The summed E-state index contributed by atoms with van der Waals surface area (Å²) >= 11 is 0. The Morgan fingerprint density at radius 3 is 2.60 bits per heavy atom. The van der Waals surface area contributed by atoms with Crippen molar-refractivity contribution in [2.24, 2.45) is 0 Å². The zero-order valence-electron chi connectivity index (χ0n) is 14.3. The molecular formula is C19H21N3O3. The van der Waals surface area contributed by atoms with E-state index in [1.807, 2.05) is 48.5 Å². The predicted octanol–water partition coefficient (Wildman–Crippen LogP) is 2.20. The summed E-state index contributed by atoms with van der Waals surface area (Å²) in [6, 6.07) is 15.2. The van der Waals surface area contributed by atoms with Crippen molar-refractivity contribution in [3.8, 4) is 5.75 Å². The van der Waals surface area contributed by atoms with Crippen LogP contribution in [0.25, 0.3) is 11.0 Å². The molecule has 3 rings (SSSR count). The maximum Gasteiger partial charge on any atom is 0.242 e. The molecule has 130 valence electrons. The van der Waals surface area contributed by atoms with Crippen LogP contribution in [0.5, 0.6) is 5.75 Å². The quantitative estimate of drug-likeness (QED) is 0.747. The van der Waals surface area contributed by atoms with Gasteiger partial charge in [0.25, 0.3) is 0 Å². The van der Waals surface area contributed by atoms with E-state index < -0.39 is 0 Å². The molecule has 2 aromatic carbocycles. The Morgan fingerprint density at radius 2 is 1.92 bits per heavy atom. The number of aromatic nitrogens is 2. The summed E-state index contributed by atoms with van der Waals surface area (Å²) < 4.78 is 6.91. The molecule has 0 aliphatic rings. The van der Waals surface area contributed by atoms with Gasteiger partial charge in [-0.05, 0) is 29.8 Å². The molecule has 0 bridgehead atoms. The highest BCUT2D eigenvalue weighted by Gasteiger charge is 2.15. The fourth-order valence-corrected chi connectivity index (χ4v) is 2.77. The average molecular weight is 339 g/mol. The number of nitrogens with zero attached hydrogens (tertiary/aromatic N) is 3. The van der Waals surface area contributed by atoms with E-state index in [9.17, 15) is 9.90 Å². The Morgan fingerprint density at radius 1 is 1.20 bits per heavy atom. The van der Waals surface area contributed by atoms with E-state index in [-0.39, 0.29) is 19.1 Å². The van der Waals surface area contributed by atoms with Gasteiger partial charge < -0.3 is 19.3 Å².